The molecule has 4 rings (SSSR count). The number of rotatable bonds is 5. The Morgan fingerprint density at radius 2 is 1.62 bits per heavy atom. The summed E-state index contributed by atoms with van der Waals surface area (Å²) in [6.07, 6.45) is 7.16. The zero-order valence-corrected chi connectivity index (χ0v) is 17.2. The summed E-state index contributed by atoms with van der Waals surface area (Å²) >= 11 is 0. The fraction of sp³-hybridized carbons (Fsp3) is 0.440. The molecule has 1 fully saturated rings. The van der Waals surface area contributed by atoms with Gasteiger partial charge in [-0.2, -0.15) is 0 Å². The lowest BCUT2D eigenvalue weighted by Crippen LogP contribution is -2.46. The van der Waals surface area contributed by atoms with Crippen LogP contribution in [0.15, 0.2) is 48.5 Å². The number of benzene rings is 2. The second-order valence-corrected chi connectivity index (χ2v) is 8.32. The van der Waals surface area contributed by atoms with Crippen molar-refractivity contribution >= 4 is 11.8 Å². The van der Waals surface area contributed by atoms with E-state index in [1.165, 1.54) is 24.0 Å². The number of likely N-dealkylation sites (tertiary alicyclic amines) is 1. The van der Waals surface area contributed by atoms with Gasteiger partial charge in [-0.1, -0.05) is 48.5 Å². The molecular weight excluding hydrogens is 360 g/mol. The van der Waals surface area contributed by atoms with Gasteiger partial charge in [-0.3, -0.25) is 9.59 Å². The summed E-state index contributed by atoms with van der Waals surface area (Å²) in [5.74, 6) is -0.0293. The number of hydrogen-bond donors (Lipinski definition) is 1. The molecule has 1 aliphatic carbocycles. The molecule has 4 nitrogen and oxygen atoms in total. The van der Waals surface area contributed by atoms with Gasteiger partial charge >= 0.3 is 0 Å². The number of hydrogen-bond acceptors (Lipinski definition) is 2. The molecule has 1 N–H and O–H groups in total. The topological polar surface area (TPSA) is 49.4 Å². The predicted molar refractivity (Wildman–Crippen MR) is 114 cm³/mol. The van der Waals surface area contributed by atoms with Crippen molar-refractivity contribution in [2.45, 2.75) is 64.0 Å². The van der Waals surface area contributed by atoms with Gasteiger partial charge in [0.15, 0.2) is 0 Å². The van der Waals surface area contributed by atoms with Crippen molar-refractivity contribution in [1.29, 1.82) is 0 Å². The van der Waals surface area contributed by atoms with E-state index in [1.807, 2.05) is 37.3 Å². The second-order valence-electron chi connectivity index (χ2n) is 8.32. The summed E-state index contributed by atoms with van der Waals surface area (Å²) in [4.78, 5) is 27.7. The summed E-state index contributed by atoms with van der Waals surface area (Å²) in [7, 11) is 0. The van der Waals surface area contributed by atoms with Crippen LogP contribution in [0.1, 0.15) is 73.4 Å². The Morgan fingerprint density at radius 1 is 0.897 bits per heavy atom. The van der Waals surface area contributed by atoms with Crippen LogP contribution in [0.25, 0.3) is 0 Å². The first kappa shape index (κ1) is 19.7. The van der Waals surface area contributed by atoms with Crippen molar-refractivity contribution in [1.82, 2.24) is 10.2 Å². The van der Waals surface area contributed by atoms with Gasteiger partial charge in [0.2, 0.25) is 11.8 Å². The fourth-order valence-corrected chi connectivity index (χ4v) is 4.61. The van der Waals surface area contributed by atoms with E-state index < -0.39 is 6.04 Å². The largest absolute Gasteiger partial charge is 0.347 e. The number of nitrogens with zero attached hydrogens (tertiary/aromatic N) is 1. The molecule has 152 valence electrons. The Morgan fingerprint density at radius 3 is 2.38 bits per heavy atom. The Bertz CT molecular complexity index is 878. The highest BCUT2D eigenvalue weighted by atomic mass is 16.2. The van der Waals surface area contributed by atoms with Crippen LogP contribution in [0.5, 0.6) is 0 Å². The molecule has 0 bridgehead atoms. The second kappa shape index (κ2) is 8.81. The average molecular weight is 391 g/mol. The minimum absolute atomic E-state index is 0.0710. The predicted octanol–water partition coefficient (Wildman–Crippen LogP) is 4.50. The third-order valence-electron chi connectivity index (χ3n) is 6.27. The van der Waals surface area contributed by atoms with Crippen LogP contribution in [-0.4, -0.2) is 23.3 Å². The number of amides is 2. The van der Waals surface area contributed by atoms with Crippen LogP contribution in [0.2, 0.25) is 0 Å². The van der Waals surface area contributed by atoms with E-state index >= 15 is 0 Å². The number of aryl methyl sites for hydroxylation is 2. The fourth-order valence-electron chi connectivity index (χ4n) is 4.61. The lowest BCUT2D eigenvalue weighted by Gasteiger charge is -2.34. The molecule has 1 saturated heterocycles. The van der Waals surface area contributed by atoms with Crippen LogP contribution in [0.4, 0.5) is 0 Å². The van der Waals surface area contributed by atoms with Gasteiger partial charge in [-0.25, -0.2) is 0 Å². The van der Waals surface area contributed by atoms with Crippen LogP contribution < -0.4 is 5.32 Å². The van der Waals surface area contributed by atoms with Crippen molar-refractivity contribution in [3.8, 4) is 0 Å². The van der Waals surface area contributed by atoms with E-state index in [4.69, 9.17) is 0 Å². The molecule has 2 amide bonds. The summed E-state index contributed by atoms with van der Waals surface area (Å²) in [6, 6.07) is 15.6. The number of carbonyl (C=O) groups is 2. The highest BCUT2D eigenvalue weighted by molar-refractivity contribution is 5.89. The smallest absolute Gasteiger partial charge is 0.247 e. The first-order valence-corrected chi connectivity index (χ1v) is 10.9. The first-order chi connectivity index (χ1) is 14.1. The monoisotopic (exact) mass is 390 g/mol. The Labute approximate surface area is 173 Å². The third kappa shape index (κ3) is 4.36. The number of nitrogens with one attached hydrogen (secondary N) is 1. The molecule has 0 radical (unpaired) electrons. The first-order valence-electron chi connectivity index (χ1n) is 10.9. The van der Waals surface area contributed by atoms with E-state index in [9.17, 15) is 9.59 Å². The molecular formula is C25H30N2O2. The molecule has 0 spiro atoms. The normalized spacial score (nSPS) is 18.7. The molecule has 29 heavy (non-hydrogen) atoms. The quantitative estimate of drug-likeness (QED) is 0.817. The van der Waals surface area contributed by atoms with Gasteiger partial charge in [0.1, 0.15) is 6.04 Å². The zero-order valence-electron chi connectivity index (χ0n) is 17.2. The lowest BCUT2D eigenvalue weighted by molar-refractivity contribution is -0.143. The Kier molecular flexibility index (Phi) is 5.98. The molecule has 1 aliphatic heterocycles. The highest BCUT2D eigenvalue weighted by Crippen LogP contribution is 2.28. The van der Waals surface area contributed by atoms with Gasteiger partial charge < -0.3 is 10.2 Å². The third-order valence-corrected chi connectivity index (χ3v) is 6.27. The van der Waals surface area contributed by atoms with Crippen LogP contribution in [0.3, 0.4) is 0 Å². The molecule has 0 aromatic heterocycles. The zero-order chi connectivity index (χ0) is 20.2. The maximum absolute atomic E-state index is 13.4. The summed E-state index contributed by atoms with van der Waals surface area (Å²) in [5, 5.41) is 3.19. The van der Waals surface area contributed by atoms with Crippen molar-refractivity contribution < 1.29 is 9.59 Å². The summed E-state index contributed by atoms with van der Waals surface area (Å²) in [5.41, 5.74) is 4.87. The molecule has 1 heterocycles. The van der Waals surface area contributed by atoms with Gasteiger partial charge in [-0.15, -0.1) is 0 Å². The summed E-state index contributed by atoms with van der Waals surface area (Å²) in [6.45, 7) is 2.67. The lowest BCUT2D eigenvalue weighted by atomic mass is 9.89. The molecule has 4 heteroatoms. The molecule has 2 atom stereocenters. The van der Waals surface area contributed by atoms with Gasteiger partial charge in [0.05, 0.1) is 6.04 Å². The van der Waals surface area contributed by atoms with Gasteiger partial charge in [-0.05, 0) is 67.7 Å². The average Bonchev–Trinajstić information content (AvgIpc) is 2.75. The maximum atomic E-state index is 13.4. The van der Waals surface area contributed by atoms with Crippen LogP contribution >= 0.6 is 0 Å². The van der Waals surface area contributed by atoms with Crippen molar-refractivity contribution in [2.75, 3.05) is 6.54 Å². The Hall–Kier alpha value is -2.62. The highest BCUT2D eigenvalue weighted by Gasteiger charge is 2.33. The minimum Gasteiger partial charge on any atom is -0.347 e. The minimum atomic E-state index is -0.566. The van der Waals surface area contributed by atoms with Crippen LogP contribution in [-0.2, 0) is 22.4 Å². The standard InChI is InChI=1S/C25H30N2O2/c1-18(21-15-14-19-9-5-6-12-22(19)17-21)26-25(29)24(20-10-3-2-4-11-20)27-16-8-7-13-23(27)28/h2-4,10-11,14-15,17-18,24H,5-9,12-13,16H2,1H3,(H,26,29). The van der Waals surface area contributed by atoms with E-state index in [0.29, 0.717) is 13.0 Å². The SMILES string of the molecule is CC(NC(=O)C(c1ccccc1)N1CCCCC1=O)c1ccc2c(c1)CCCC2. The molecule has 0 saturated carbocycles. The van der Waals surface area contributed by atoms with E-state index in [0.717, 1.165) is 36.8 Å². The summed E-state index contributed by atoms with van der Waals surface area (Å²) < 4.78 is 0. The molecule has 2 unspecified atom stereocenters. The van der Waals surface area contributed by atoms with Crippen molar-refractivity contribution in [2.24, 2.45) is 0 Å². The maximum Gasteiger partial charge on any atom is 0.247 e. The number of fused-ring (bicyclic) bond motifs is 1. The number of piperidine rings is 1. The van der Waals surface area contributed by atoms with Crippen molar-refractivity contribution in [3.05, 3.63) is 70.8 Å². The molecule has 2 aromatic carbocycles. The van der Waals surface area contributed by atoms with E-state index in [1.54, 1.807) is 4.90 Å². The van der Waals surface area contributed by atoms with Crippen LogP contribution in [0, 0.1) is 0 Å². The van der Waals surface area contributed by atoms with Crippen molar-refractivity contribution in [3.63, 3.8) is 0 Å². The van der Waals surface area contributed by atoms with Gasteiger partial charge in [0.25, 0.3) is 0 Å². The number of carbonyl (C=O) groups excluding carboxylic acids is 2. The van der Waals surface area contributed by atoms with E-state index in [2.05, 4.69) is 23.5 Å². The Balaban J connectivity index is 1.55. The molecule has 2 aromatic rings. The van der Waals surface area contributed by atoms with E-state index in [-0.39, 0.29) is 17.9 Å². The van der Waals surface area contributed by atoms with Gasteiger partial charge in [0, 0.05) is 13.0 Å². The molecule has 2 aliphatic rings.